The van der Waals surface area contributed by atoms with Gasteiger partial charge in [0.05, 0.1) is 46.5 Å². The molecule has 248 valence electrons. The number of nitrogens with one attached hydrogen (secondary N) is 1. The maximum absolute atomic E-state index is 13.6. The molecule has 2 aliphatic heterocycles. The number of hydrogen-bond donors (Lipinski definition) is 1. The van der Waals surface area contributed by atoms with E-state index in [1.54, 1.807) is 12.4 Å². The number of anilines is 2. The highest BCUT2D eigenvalue weighted by atomic mass is 32.2. The number of benzene rings is 1. The Morgan fingerprint density at radius 3 is 2.11 bits per heavy atom. The molecule has 1 amide bonds. The monoisotopic (exact) mass is 678 g/mol. The van der Waals surface area contributed by atoms with Crippen LogP contribution < -0.4 is 15.1 Å². The number of amides is 1. The number of carbonyl (C=O) groups excluding carboxylic acids is 1. The highest BCUT2D eigenvalue weighted by molar-refractivity contribution is 7.91. The Morgan fingerprint density at radius 2 is 1.49 bits per heavy atom. The smallest absolute Gasteiger partial charge is 0.228 e. The Labute approximate surface area is 275 Å². The topological polar surface area (TPSA) is 167 Å². The molecule has 2 saturated carbocycles. The van der Waals surface area contributed by atoms with Gasteiger partial charge >= 0.3 is 0 Å². The largest absolute Gasteiger partial charge is 0.440 e. The van der Waals surface area contributed by atoms with Crippen molar-refractivity contribution in [2.24, 2.45) is 5.92 Å². The lowest BCUT2D eigenvalue weighted by Gasteiger charge is -2.30. The number of carbonyl (C=O) groups is 1. The van der Waals surface area contributed by atoms with Gasteiger partial charge in [0.25, 0.3) is 0 Å². The first kappa shape index (κ1) is 31.6. The lowest BCUT2D eigenvalue weighted by Crippen LogP contribution is -2.42. The molecular weight excluding hydrogens is 641 g/mol. The zero-order valence-electron chi connectivity index (χ0n) is 26.1. The van der Waals surface area contributed by atoms with E-state index < -0.39 is 25.2 Å². The van der Waals surface area contributed by atoms with E-state index in [1.165, 1.54) is 0 Å². The molecular formula is C33H38N6O6S2. The fraction of sp³-hybridized carbons (Fsp3) is 0.515. The number of aromatic nitrogens is 2. The minimum atomic E-state index is -3.04. The van der Waals surface area contributed by atoms with Crippen molar-refractivity contribution in [3.63, 3.8) is 0 Å². The van der Waals surface area contributed by atoms with Crippen LogP contribution in [0.3, 0.4) is 0 Å². The Kier molecular flexibility index (Phi) is 8.24. The van der Waals surface area contributed by atoms with E-state index in [1.807, 2.05) is 35.2 Å². The van der Waals surface area contributed by atoms with Crippen LogP contribution in [0.5, 0.6) is 0 Å². The van der Waals surface area contributed by atoms with Crippen LogP contribution >= 0.6 is 0 Å². The average Bonchev–Trinajstić information content (AvgIpc) is 3.71. The molecule has 3 aromatic rings. The van der Waals surface area contributed by atoms with Crippen LogP contribution in [0.4, 0.5) is 11.4 Å². The lowest BCUT2D eigenvalue weighted by atomic mass is 9.76. The van der Waals surface area contributed by atoms with E-state index in [4.69, 9.17) is 9.40 Å². The van der Waals surface area contributed by atoms with Gasteiger partial charge in [0.15, 0.2) is 19.7 Å². The molecule has 7 rings (SSSR count). The van der Waals surface area contributed by atoms with E-state index in [0.717, 1.165) is 36.2 Å². The Hall–Kier alpha value is -3.96. The Bertz CT molecular complexity index is 1900. The number of sulfone groups is 2. The zero-order valence-corrected chi connectivity index (χ0v) is 27.7. The summed E-state index contributed by atoms with van der Waals surface area (Å²) in [7, 11) is -6.05. The molecule has 1 aromatic carbocycles. The lowest BCUT2D eigenvalue weighted by molar-refractivity contribution is -0.127. The molecule has 47 heavy (non-hydrogen) atoms. The molecule has 14 heteroatoms. The SMILES string of the molecule is N#CC1(NC(=O)C2CCCCC2c2oc(-c3cncc(N4CCS(=O)(=O)CC4)c3)nc2-c2ccc(N3CCS(=O)(=O)CC3)cc2)CC1. The molecule has 12 nitrogen and oxygen atoms in total. The quantitative estimate of drug-likeness (QED) is 0.390. The minimum absolute atomic E-state index is 0.0893. The molecule has 0 bridgehead atoms. The van der Waals surface area contributed by atoms with Crippen molar-refractivity contribution in [2.75, 3.05) is 59.0 Å². The van der Waals surface area contributed by atoms with Gasteiger partial charge in [0.2, 0.25) is 11.8 Å². The van der Waals surface area contributed by atoms with E-state index in [9.17, 15) is 26.9 Å². The van der Waals surface area contributed by atoms with Gasteiger partial charge in [-0.3, -0.25) is 9.78 Å². The first-order chi connectivity index (χ1) is 22.5. The summed E-state index contributed by atoms with van der Waals surface area (Å²) in [6.45, 7) is 1.65. The number of rotatable bonds is 7. The summed E-state index contributed by atoms with van der Waals surface area (Å²) >= 11 is 0. The molecule has 2 aromatic heterocycles. The van der Waals surface area contributed by atoms with E-state index in [2.05, 4.69) is 21.3 Å². The first-order valence-corrected chi connectivity index (χ1v) is 19.9. The predicted octanol–water partition coefficient (Wildman–Crippen LogP) is 3.32. The van der Waals surface area contributed by atoms with Crippen molar-refractivity contribution in [2.45, 2.75) is 50.0 Å². The Balaban J connectivity index is 1.23. The van der Waals surface area contributed by atoms with Crippen LogP contribution in [0, 0.1) is 17.2 Å². The highest BCUT2D eigenvalue weighted by Crippen LogP contribution is 2.45. The molecule has 2 aliphatic carbocycles. The number of pyridine rings is 1. The van der Waals surface area contributed by atoms with Crippen LogP contribution in [-0.2, 0) is 24.5 Å². The van der Waals surface area contributed by atoms with Crippen molar-refractivity contribution in [3.8, 4) is 28.8 Å². The second-order valence-electron chi connectivity index (χ2n) is 13.2. The van der Waals surface area contributed by atoms with Gasteiger partial charge in [-0.15, -0.1) is 0 Å². The highest BCUT2D eigenvalue weighted by Gasteiger charge is 2.47. The van der Waals surface area contributed by atoms with Crippen molar-refractivity contribution in [1.82, 2.24) is 15.3 Å². The van der Waals surface area contributed by atoms with Crippen molar-refractivity contribution in [3.05, 3.63) is 48.5 Å². The van der Waals surface area contributed by atoms with Crippen LogP contribution in [0.15, 0.2) is 47.1 Å². The predicted molar refractivity (Wildman–Crippen MR) is 177 cm³/mol. The van der Waals surface area contributed by atoms with Gasteiger partial charge in [0, 0.05) is 55.5 Å². The fourth-order valence-corrected chi connectivity index (χ4v) is 9.28. The summed E-state index contributed by atoms with van der Waals surface area (Å²) in [6, 6.07) is 12.0. The number of nitriles is 1. The average molecular weight is 679 g/mol. The maximum Gasteiger partial charge on any atom is 0.228 e. The molecule has 4 aliphatic rings. The van der Waals surface area contributed by atoms with E-state index >= 15 is 0 Å². The van der Waals surface area contributed by atoms with E-state index in [0.29, 0.717) is 68.3 Å². The van der Waals surface area contributed by atoms with Crippen molar-refractivity contribution >= 4 is 37.0 Å². The van der Waals surface area contributed by atoms with Gasteiger partial charge in [-0.05, 0) is 43.9 Å². The van der Waals surface area contributed by atoms with Gasteiger partial charge in [-0.25, -0.2) is 21.8 Å². The molecule has 1 N–H and O–H groups in total. The van der Waals surface area contributed by atoms with Gasteiger partial charge in [0.1, 0.15) is 17.0 Å². The number of nitrogens with zero attached hydrogens (tertiary/aromatic N) is 5. The molecule has 2 saturated heterocycles. The normalized spacial score (nSPS) is 24.7. The third-order valence-electron chi connectivity index (χ3n) is 9.95. The molecule has 2 unspecified atom stereocenters. The van der Waals surface area contributed by atoms with Crippen LogP contribution in [-0.4, -0.2) is 87.4 Å². The van der Waals surface area contributed by atoms with E-state index in [-0.39, 0.29) is 40.8 Å². The van der Waals surface area contributed by atoms with Crippen LogP contribution in [0.1, 0.15) is 50.2 Å². The zero-order chi connectivity index (χ0) is 32.8. The molecule has 4 heterocycles. The molecule has 0 spiro atoms. The number of oxazole rings is 1. The second kappa shape index (κ2) is 12.2. The summed E-state index contributed by atoms with van der Waals surface area (Å²) in [4.78, 5) is 27.1. The Morgan fingerprint density at radius 1 is 0.872 bits per heavy atom. The molecule has 0 radical (unpaired) electrons. The third kappa shape index (κ3) is 6.73. The van der Waals surface area contributed by atoms with Gasteiger partial charge < -0.3 is 19.5 Å². The minimum Gasteiger partial charge on any atom is -0.440 e. The van der Waals surface area contributed by atoms with Crippen molar-refractivity contribution < 1.29 is 26.0 Å². The van der Waals surface area contributed by atoms with Gasteiger partial charge in [-0.2, -0.15) is 5.26 Å². The van der Waals surface area contributed by atoms with Gasteiger partial charge in [-0.1, -0.05) is 25.0 Å². The third-order valence-corrected chi connectivity index (χ3v) is 13.2. The second-order valence-corrected chi connectivity index (χ2v) is 17.8. The molecule has 2 atom stereocenters. The van der Waals surface area contributed by atoms with Crippen molar-refractivity contribution in [1.29, 1.82) is 5.26 Å². The summed E-state index contributed by atoms with van der Waals surface area (Å²) in [5.41, 5.74) is 3.04. The number of hydrogen-bond acceptors (Lipinski definition) is 11. The summed E-state index contributed by atoms with van der Waals surface area (Å²) < 4.78 is 54.5. The standard InChI is InChI=1S/C33H38N6O6S2/c34-22-33(9-10-33)37-31(40)28-4-2-1-3-27(28)30-29(23-5-7-25(8-6-23)38-11-15-46(41,42)16-12-38)36-32(45-30)24-19-26(21-35-20-24)39-13-17-47(43,44)18-14-39/h5-8,19-21,27-28H,1-4,9-18H2,(H,37,40). The maximum atomic E-state index is 13.6. The molecule has 4 fully saturated rings. The van der Waals surface area contributed by atoms with Crippen LogP contribution in [0.2, 0.25) is 0 Å². The summed E-state index contributed by atoms with van der Waals surface area (Å²) in [6.07, 6.45) is 7.95. The summed E-state index contributed by atoms with van der Waals surface area (Å²) in [5, 5.41) is 12.6. The first-order valence-electron chi connectivity index (χ1n) is 16.2. The van der Waals surface area contributed by atoms with Crippen LogP contribution in [0.25, 0.3) is 22.7 Å². The summed E-state index contributed by atoms with van der Waals surface area (Å²) in [5.74, 6) is 0.671. The fourth-order valence-electron chi connectivity index (χ4n) is 6.88.